The predicted molar refractivity (Wildman–Crippen MR) is 352 cm³/mol. The summed E-state index contributed by atoms with van der Waals surface area (Å²) in [4.78, 5) is 50.9. The fourth-order valence-electron chi connectivity index (χ4n) is 12.3. The summed E-state index contributed by atoms with van der Waals surface area (Å²) in [5.41, 5.74) is 0. The Morgan fingerprint density at radius 2 is 0.681 bits per heavy atom. The molecule has 24 nitrogen and oxygen atoms in total. The number of hydrogen-bond donors (Lipinski definition) is 11. The molecular weight excluding hydrogens is 1240 g/mol. The highest BCUT2D eigenvalue weighted by molar-refractivity contribution is 7.47. The Labute approximate surface area is 561 Å². The topological polar surface area (TPSA) is 374 Å². The van der Waals surface area contributed by atoms with Gasteiger partial charge in [0, 0.05) is 19.3 Å². The van der Waals surface area contributed by atoms with Gasteiger partial charge in [0.05, 0.1) is 13.2 Å². The Morgan fingerprint density at radius 1 is 0.372 bits per heavy atom. The van der Waals surface area contributed by atoms with Gasteiger partial charge in [-0.05, 0) is 19.3 Å². The molecular formula is C69H129O24P. The van der Waals surface area contributed by atoms with E-state index >= 15 is 0 Å². The van der Waals surface area contributed by atoms with Gasteiger partial charge in [0.15, 0.2) is 18.7 Å². The first kappa shape index (κ1) is 86.2. The average molecular weight is 1370 g/mol. The van der Waals surface area contributed by atoms with Gasteiger partial charge in [-0.1, -0.05) is 252 Å². The zero-order valence-electron chi connectivity index (χ0n) is 57.5. The minimum Gasteiger partial charge on any atom is -0.463 e. The van der Waals surface area contributed by atoms with E-state index in [1.807, 2.05) is 0 Å². The van der Waals surface area contributed by atoms with E-state index in [2.05, 4.69) is 20.8 Å². The first-order valence-corrected chi connectivity index (χ1v) is 38.3. The molecule has 3 aliphatic rings. The van der Waals surface area contributed by atoms with Crippen molar-refractivity contribution >= 4 is 25.7 Å². The molecule has 2 saturated heterocycles. The number of esters is 3. The van der Waals surface area contributed by atoms with Gasteiger partial charge in [0.1, 0.15) is 98.7 Å². The molecule has 25 heteroatoms. The first-order chi connectivity index (χ1) is 45.3. The lowest BCUT2D eigenvalue weighted by atomic mass is 9.84. The van der Waals surface area contributed by atoms with Crippen LogP contribution in [0.4, 0.5) is 0 Å². The van der Waals surface area contributed by atoms with Crippen molar-refractivity contribution in [1.82, 2.24) is 0 Å². The van der Waals surface area contributed by atoms with Crippen LogP contribution in [0, 0.1) is 0 Å². The number of carbonyl (C=O) groups excluding carboxylic acids is 3. The quantitative estimate of drug-likeness (QED) is 0.0117. The van der Waals surface area contributed by atoms with Gasteiger partial charge in [-0.2, -0.15) is 0 Å². The number of carbonyl (C=O) groups is 3. The molecule has 0 aromatic carbocycles. The third-order valence-electron chi connectivity index (χ3n) is 18.4. The summed E-state index contributed by atoms with van der Waals surface area (Å²) in [6.07, 6.45) is 7.56. The predicted octanol–water partition coefficient (Wildman–Crippen LogP) is 9.40. The van der Waals surface area contributed by atoms with Gasteiger partial charge in [-0.15, -0.1) is 0 Å². The molecule has 0 bridgehead atoms. The molecule has 11 N–H and O–H groups in total. The van der Waals surface area contributed by atoms with Gasteiger partial charge in [-0.3, -0.25) is 23.4 Å². The summed E-state index contributed by atoms with van der Waals surface area (Å²) >= 11 is 0. The molecule has 2 heterocycles. The summed E-state index contributed by atoms with van der Waals surface area (Å²) < 4.78 is 64.9. The maximum absolute atomic E-state index is 14.3. The molecule has 0 aromatic rings. The summed E-state index contributed by atoms with van der Waals surface area (Å²) in [5.74, 6) is -1.98. The molecule has 0 radical (unpaired) electrons. The largest absolute Gasteiger partial charge is 0.472 e. The Morgan fingerprint density at radius 3 is 1.04 bits per heavy atom. The van der Waals surface area contributed by atoms with Crippen LogP contribution in [0.1, 0.15) is 290 Å². The van der Waals surface area contributed by atoms with Gasteiger partial charge < -0.3 is 89.1 Å². The molecule has 2 aliphatic heterocycles. The molecule has 0 spiro atoms. The molecule has 18 unspecified atom stereocenters. The molecule has 3 fully saturated rings. The Bertz CT molecular complexity index is 1960. The minimum atomic E-state index is -5.69. The number of ether oxygens (including phenoxy) is 7. The molecule has 0 amide bonds. The molecule has 1 aliphatic carbocycles. The van der Waals surface area contributed by atoms with Crippen LogP contribution in [0.15, 0.2) is 0 Å². The van der Waals surface area contributed by atoms with E-state index in [9.17, 15) is 74.9 Å². The van der Waals surface area contributed by atoms with Gasteiger partial charge >= 0.3 is 25.7 Å². The normalized spacial score (nSPS) is 28.2. The number of hydrogen-bond acceptors (Lipinski definition) is 23. The monoisotopic (exact) mass is 1370 g/mol. The zero-order valence-corrected chi connectivity index (χ0v) is 58.4. The maximum Gasteiger partial charge on any atom is 0.472 e. The summed E-state index contributed by atoms with van der Waals surface area (Å²) in [6, 6.07) is 0. The number of phosphoric ester groups is 1. The molecule has 554 valence electrons. The lowest BCUT2D eigenvalue weighted by Gasteiger charge is -2.49. The van der Waals surface area contributed by atoms with E-state index in [-0.39, 0.29) is 19.3 Å². The van der Waals surface area contributed by atoms with E-state index in [1.54, 1.807) is 0 Å². The van der Waals surface area contributed by atoms with E-state index in [1.165, 1.54) is 135 Å². The number of rotatable bonds is 57. The number of aliphatic hydroxyl groups excluding tert-OH is 10. The molecule has 18 atom stereocenters. The number of phosphoric acid groups is 1. The summed E-state index contributed by atoms with van der Waals surface area (Å²) in [5, 5.41) is 110. The van der Waals surface area contributed by atoms with Crippen molar-refractivity contribution in [2.45, 2.75) is 395 Å². The standard InChI is InChI=1S/C69H129O24P/c1-4-7-10-13-16-19-22-25-26-27-30-33-36-39-42-45-55(73)88-50(47-85-53(71)43-40-37-34-31-28-23-20-17-14-11-8-5-2)48-87-94(83,84)93-67-65(91-68-63(81)58(76)56(74)51(46-70)89-68)61(79)60(78)62(80)66(67)92-69-64(82)59(77)57(75)52(90-69)49-86-54(72)44-41-38-35-32-29-24-21-18-15-12-9-6-3/h50-52,56-70,74-82H,4-49H2,1-3H3,(H,83,84). The highest BCUT2D eigenvalue weighted by atomic mass is 31.2. The minimum absolute atomic E-state index is 0.0331. The van der Waals surface area contributed by atoms with Crippen molar-refractivity contribution in [2.24, 2.45) is 0 Å². The van der Waals surface area contributed by atoms with Crippen LogP contribution in [-0.4, -0.2) is 204 Å². The second-order valence-corrected chi connectivity index (χ2v) is 28.1. The Balaban J connectivity index is 1.75. The van der Waals surface area contributed by atoms with Gasteiger partial charge in [0.25, 0.3) is 0 Å². The molecule has 94 heavy (non-hydrogen) atoms. The first-order valence-electron chi connectivity index (χ1n) is 36.8. The summed E-state index contributed by atoms with van der Waals surface area (Å²) in [7, 11) is -5.69. The Kier molecular flexibility index (Phi) is 47.7. The molecule has 1 saturated carbocycles. The van der Waals surface area contributed by atoms with Crippen LogP contribution in [0.5, 0.6) is 0 Å². The number of aliphatic hydroxyl groups is 10. The lowest BCUT2D eigenvalue weighted by molar-refractivity contribution is -0.360. The van der Waals surface area contributed by atoms with Crippen molar-refractivity contribution in [1.29, 1.82) is 0 Å². The van der Waals surface area contributed by atoms with Gasteiger partial charge in [-0.25, -0.2) is 4.57 Å². The zero-order chi connectivity index (χ0) is 68.9. The fourth-order valence-corrected chi connectivity index (χ4v) is 13.3. The smallest absolute Gasteiger partial charge is 0.463 e. The van der Waals surface area contributed by atoms with E-state index in [0.29, 0.717) is 19.3 Å². The van der Waals surface area contributed by atoms with Crippen LogP contribution in [0.25, 0.3) is 0 Å². The van der Waals surface area contributed by atoms with Crippen molar-refractivity contribution in [3.8, 4) is 0 Å². The van der Waals surface area contributed by atoms with E-state index in [4.69, 9.17) is 42.2 Å². The highest BCUT2D eigenvalue weighted by Crippen LogP contribution is 2.49. The SMILES string of the molecule is CCCCCCCCCCCCCCCCCC(=O)OC(COC(=O)CCCCCCCCCCCCCC)COP(=O)(O)OC1C(OC2OC(CO)C(O)C(O)C2O)C(O)C(O)C(O)C1OC1OC(COC(=O)CCCCCCCCCCCCCC)C(O)C(O)C1O. The third-order valence-corrected chi connectivity index (χ3v) is 19.4. The van der Waals surface area contributed by atoms with Crippen LogP contribution >= 0.6 is 7.82 Å². The van der Waals surface area contributed by atoms with Crippen molar-refractivity contribution < 1.29 is 117 Å². The van der Waals surface area contributed by atoms with Crippen molar-refractivity contribution in [2.75, 3.05) is 26.4 Å². The van der Waals surface area contributed by atoms with Crippen molar-refractivity contribution in [3.05, 3.63) is 0 Å². The second-order valence-electron chi connectivity index (χ2n) is 26.7. The van der Waals surface area contributed by atoms with Crippen LogP contribution in [0.3, 0.4) is 0 Å². The summed E-state index contributed by atoms with van der Waals surface area (Å²) in [6.45, 7) is 3.44. The third kappa shape index (κ3) is 35.3. The maximum atomic E-state index is 14.3. The average Bonchev–Trinajstić information content (AvgIpc) is 0.766. The van der Waals surface area contributed by atoms with E-state index in [0.717, 1.165) is 96.3 Å². The Hall–Kier alpha value is -2.04. The molecule has 3 rings (SSSR count). The van der Waals surface area contributed by atoms with Gasteiger partial charge in [0.2, 0.25) is 0 Å². The highest BCUT2D eigenvalue weighted by Gasteiger charge is 2.58. The van der Waals surface area contributed by atoms with Crippen molar-refractivity contribution in [3.63, 3.8) is 0 Å². The van der Waals surface area contributed by atoms with Crippen LogP contribution < -0.4 is 0 Å². The second kappa shape index (κ2) is 52.0. The fraction of sp³-hybridized carbons (Fsp3) is 0.957. The number of unbranched alkanes of at least 4 members (excludes halogenated alkanes) is 36. The van der Waals surface area contributed by atoms with E-state index < -0.39 is 156 Å². The molecule has 0 aromatic heterocycles. The van der Waals surface area contributed by atoms with Crippen LogP contribution in [-0.2, 0) is 61.2 Å². The van der Waals surface area contributed by atoms with Crippen LogP contribution in [0.2, 0.25) is 0 Å². The lowest BCUT2D eigenvalue weighted by Crippen LogP contribution is -2.69.